The number of hydrogen-bond acceptors (Lipinski definition) is 5. The third-order valence-electron chi connectivity index (χ3n) is 6.15. The van der Waals surface area contributed by atoms with Crippen molar-refractivity contribution in [2.45, 2.75) is 20.8 Å². The highest BCUT2D eigenvalue weighted by atomic mass is 16.5. The minimum absolute atomic E-state index is 0.0497. The van der Waals surface area contributed by atoms with E-state index in [9.17, 15) is 14.7 Å². The molecule has 8 nitrogen and oxygen atoms in total. The van der Waals surface area contributed by atoms with Crippen LogP contribution >= 0.6 is 0 Å². The molecule has 0 saturated carbocycles. The van der Waals surface area contributed by atoms with E-state index in [1.165, 1.54) is 0 Å². The van der Waals surface area contributed by atoms with Gasteiger partial charge in [0.15, 0.2) is 0 Å². The Bertz CT molecular complexity index is 1450. The number of ether oxygens (including phenoxy) is 3. The number of H-pyrrole nitrogens is 2. The molecule has 0 radical (unpaired) electrons. The standard InChI is InChI=1S/C28H28N2O6/c1-6-36-28(33)24-22(20-10-8-18(35-5)12-16(20)3)14-30-26(24)25-23(27(31)32)21(13-29-25)19-9-7-17(34-4)11-15(19)2/h7-14,29-30H,6H2,1-5H3,(H,31,32). The van der Waals surface area contributed by atoms with Gasteiger partial charge in [-0.25, -0.2) is 9.59 Å². The molecule has 0 saturated heterocycles. The average molecular weight is 489 g/mol. The Hall–Kier alpha value is -4.46. The number of carboxylic acids is 1. The molecule has 0 aliphatic rings. The first kappa shape index (κ1) is 24.7. The molecular formula is C28H28N2O6. The number of aromatic carboxylic acids is 1. The molecule has 36 heavy (non-hydrogen) atoms. The van der Waals surface area contributed by atoms with Crippen LogP contribution in [0.2, 0.25) is 0 Å². The van der Waals surface area contributed by atoms with Gasteiger partial charge in [0, 0.05) is 23.5 Å². The number of aromatic nitrogens is 2. The molecule has 2 aromatic heterocycles. The quantitative estimate of drug-likeness (QED) is 0.268. The van der Waals surface area contributed by atoms with E-state index >= 15 is 0 Å². The maximum Gasteiger partial charge on any atom is 0.341 e. The Morgan fingerprint density at radius 2 is 1.25 bits per heavy atom. The van der Waals surface area contributed by atoms with Crippen molar-refractivity contribution in [1.29, 1.82) is 0 Å². The highest BCUT2D eigenvalue weighted by Gasteiger charge is 2.29. The topological polar surface area (TPSA) is 114 Å². The van der Waals surface area contributed by atoms with Crippen molar-refractivity contribution in [2.75, 3.05) is 20.8 Å². The van der Waals surface area contributed by atoms with Crippen molar-refractivity contribution in [3.8, 4) is 45.1 Å². The number of benzene rings is 2. The summed E-state index contributed by atoms with van der Waals surface area (Å²) >= 11 is 0. The second kappa shape index (κ2) is 10.0. The Morgan fingerprint density at radius 3 is 1.67 bits per heavy atom. The predicted molar refractivity (Wildman–Crippen MR) is 137 cm³/mol. The second-order valence-electron chi connectivity index (χ2n) is 8.29. The number of rotatable bonds is 8. The molecule has 0 fully saturated rings. The van der Waals surface area contributed by atoms with E-state index in [2.05, 4.69) is 9.97 Å². The van der Waals surface area contributed by atoms with Crippen LogP contribution in [0.3, 0.4) is 0 Å². The van der Waals surface area contributed by atoms with E-state index in [4.69, 9.17) is 14.2 Å². The molecule has 8 heteroatoms. The van der Waals surface area contributed by atoms with E-state index in [1.807, 2.05) is 44.2 Å². The van der Waals surface area contributed by atoms with Gasteiger partial charge < -0.3 is 29.3 Å². The molecule has 186 valence electrons. The largest absolute Gasteiger partial charge is 0.497 e. The van der Waals surface area contributed by atoms with Crippen molar-refractivity contribution in [2.24, 2.45) is 0 Å². The third kappa shape index (κ3) is 4.33. The molecule has 0 aliphatic carbocycles. The molecule has 0 aliphatic heterocycles. The summed E-state index contributed by atoms with van der Waals surface area (Å²) in [5, 5.41) is 10.2. The first-order valence-electron chi connectivity index (χ1n) is 11.4. The summed E-state index contributed by atoms with van der Waals surface area (Å²) in [6, 6.07) is 11.0. The van der Waals surface area contributed by atoms with Gasteiger partial charge in [-0.2, -0.15) is 0 Å². The van der Waals surface area contributed by atoms with E-state index in [0.717, 1.165) is 22.3 Å². The zero-order valence-electron chi connectivity index (χ0n) is 20.8. The lowest BCUT2D eigenvalue weighted by Crippen LogP contribution is -2.08. The van der Waals surface area contributed by atoms with E-state index in [-0.39, 0.29) is 23.4 Å². The van der Waals surface area contributed by atoms with Gasteiger partial charge in [-0.05, 0) is 67.3 Å². The first-order valence-corrected chi connectivity index (χ1v) is 11.4. The van der Waals surface area contributed by atoms with Crippen LogP contribution in [0.15, 0.2) is 48.8 Å². The van der Waals surface area contributed by atoms with Crippen LogP contribution in [0.4, 0.5) is 0 Å². The molecule has 0 spiro atoms. The minimum atomic E-state index is -1.12. The lowest BCUT2D eigenvalue weighted by Gasteiger charge is -2.11. The number of carbonyl (C=O) groups excluding carboxylic acids is 1. The van der Waals surface area contributed by atoms with E-state index in [1.54, 1.807) is 39.6 Å². The molecule has 0 bridgehead atoms. The van der Waals surface area contributed by atoms with Gasteiger partial charge in [0.25, 0.3) is 0 Å². The van der Waals surface area contributed by atoms with Crippen molar-refractivity contribution in [3.63, 3.8) is 0 Å². The highest BCUT2D eigenvalue weighted by Crippen LogP contribution is 2.40. The normalized spacial score (nSPS) is 10.8. The van der Waals surface area contributed by atoms with Gasteiger partial charge in [0.1, 0.15) is 11.5 Å². The maximum absolute atomic E-state index is 13.2. The fourth-order valence-corrected chi connectivity index (χ4v) is 4.43. The summed E-state index contributed by atoms with van der Waals surface area (Å²) in [7, 11) is 3.17. The van der Waals surface area contributed by atoms with Crippen LogP contribution in [0.1, 0.15) is 38.8 Å². The molecule has 4 aromatic rings. The monoisotopic (exact) mass is 488 g/mol. The van der Waals surface area contributed by atoms with Gasteiger partial charge in [-0.15, -0.1) is 0 Å². The zero-order valence-corrected chi connectivity index (χ0v) is 20.8. The van der Waals surface area contributed by atoms with Crippen LogP contribution in [-0.2, 0) is 4.74 Å². The van der Waals surface area contributed by atoms with E-state index in [0.29, 0.717) is 28.3 Å². The number of aromatic amines is 2. The summed E-state index contributed by atoms with van der Waals surface area (Å²) in [6.07, 6.45) is 3.34. The van der Waals surface area contributed by atoms with Crippen molar-refractivity contribution in [1.82, 2.24) is 9.97 Å². The Balaban J connectivity index is 1.93. The van der Waals surface area contributed by atoms with Gasteiger partial charge in [-0.3, -0.25) is 0 Å². The highest BCUT2D eigenvalue weighted by molar-refractivity contribution is 6.08. The lowest BCUT2D eigenvalue weighted by molar-refractivity contribution is 0.0527. The molecule has 3 N–H and O–H groups in total. The van der Waals surface area contributed by atoms with Crippen LogP contribution in [-0.4, -0.2) is 47.8 Å². The zero-order chi connectivity index (χ0) is 26.0. The molecule has 0 unspecified atom stereocenters. The smallest absolute Gasteiger partial charge is 0.341 e. The number of methoxy groups -OCH3 is 2. The van der Waals surface area contributed by atoms with Crippen LogP contribution in [0, 0.1) is 13.8 Å². The van der Waals surface area contributed by atoms with Gasteiger partial charge >= 0.3 is 11.9 Å². The minimum Gasteiger partial charge on any atom is -0.497 e. The molecule has 0 amide bonds. The summed E-state index contributed by atoms with van der Waals surface area (Å²) in [5.41, 5.74) is 5.34. The summed E-state index contributed by atoms with van der Waals surface area (Å²) in [4.78, 5) is 31.9. The van der Waals surface area contributed by atoms with Gasteiger partial charge in [-0.1, -0.05) is 12.1 Å². The number of hydrogen-bond donors (Lipinski definition) is 3. The Labute approximate surface area is 208 Å². The van der Waals surface area contributed by atoms with Crippen LogP contribution < -0.4 is 9.47 Å². The Morgan fingerprint density at radius 1 is 0.778 bits per heavy atom. The van der Waals surface area contributed by atoms with Crippen molar-refractivity contribution >= 4 is 11.9 Å². The lowest BCUT2D eigenvalue weighted by atomic mass is 9.95. The van der Waals surface area contributed by atoms with Gasteiger partial charge in [0.05, 0.1) is 43.3 Å². The number of esters is 1. The summed E-state index contributed by atoms with van der Waals surface area (Å²) in [6.45, 7) is 5.71. The van der Waals surface area contributed by atoms with Crippen molar-refractivity contribution < 1.29 is 28.9 Å². The molecule has 2 aromatic carbocycles. The fourth-order valence-electron chi connectivity index (χ4n) is 4.43. The summed E-state index contributed by atoms with van der Waals surface area (Å²) in [5.74, 6) is -0.297. The molecular weight excluding hydrogens is 460 g/mol. The number of carbonyl (C=O) groups is 2. The van der Waals surface area contributed by atoms with Crippen molar-refractivity contribution in [3.05, 3.63) is 71.0 Å². The first-order chi connectivity index (χ1) is 17.3. The predicted octanol–water partition coefficient (Wildman–Crippen LogP) is 5.85. The number of carboxylic acid groups (broad SMARTS) is 1. The number of aryl methyl sites for hydroxylation is 2. The van der Waals surface area contributed by atoms with Gasteiger partial charge in [0.2, 0.25) is 0 Å². The summed E-state index contributed by atoms with van der Waals surface area (Å²) < 4.78 is 16.0. The third-order valence-corrected chi connectivity index (χ3v) is 6.15. The van der Waals surface area contributed by atoms with Crippen LogP contribution in [0.5, 0.6) is 11.5 Å². The maximum atomic E-state index is 13.2. The SMILES string of the molecule is CCOC(=O)c1c(-c2ccc(OC)cc2C)c[nH]c1-c1[nH]cc(-c2ccc(OC)cc2C)c1C(=O)O. The molecule has 4 rings (SSSR count). The second-order valence-corrected chi connectivity index (χ2v) is 8.29. The van der Waals surface area contributed by atoms with Crippen LogP contribution in [0.25, 0.3) is 33.6 Å². The van der Waals surface area contributed by atoms with E-state index < -0.39 is 11.9 Å². The fraction of sp³-hybridized carbons (Fsp3) is 0.214. The molecule has 0 atom stereocenters. The Kier molecular flexibility index (Phi) is 6.87. The molecule has 2 heterocycles. The number of nitrogens with one attached hydrogen (secondary N) is 2. The average Bonchev–Trinajstić information content (AvgIpc) is 3.48.